The zero-order valence-electron chi connectivity index (χ0n) is 13.2. The molecule has 0 N–H and O–H groups in total. The number of esters is 2. The standard InChI is InChI=1S/C15H19NO7/c1-4-5-8-22-14(17)10(2)23-15(18)11-6-7-13(21-3)12(9-11)16(19)20/h6-7,9-10H,4-5,8H2,1-3H3. The fourth-order valence-electron chi connectivity index (χ4n) is 1.67. The van der Waals surface area contributed by atoms with E-state index >= 15 is 0 Å². The van der Waals surface area contributed by atoms with E-state index in [2.05, 4.69) is 0 Å². The second-order valence-electron chi connectivity index (χ2n) is 4.71. The molecule has 1 unspecified atom stereocenters. The molecule has 0 spiro atoms. The molecule has 0 heterocycles. The summed E-state index contributed by atoms with van der Waals surface area (Å²) in [7, 11) is 1.29. The van der Waals surface area contributed by atoms with Gasteiger partial charge in [-0.2, -0.15) is 0 Å². The molecule has 8 heteroatoms. The van der Waals surface area contributed by atoms with Gasteiger partial charge in [0.15, 0.2) is 11.9 Å². The van der Waals surface area contributed by atoms with E-state index in [9.17, 15) is 19.7 Å². The smallest absolute Gasteiger partial charge is 0.347 e. The third-order valence-electron chi connectivity index (χ3n) is 2.97. The normalized spacial score (nSPS) is 11.4. The summed E-state index contributed by atoms with van der Waals surface area (Å²) in [5.74, 6) is -1.48. The highest BCUT2D eigenvalue weighted by atomic mass is 16.6. The molecule has 23 heavy (non-hydrogen) atoms. The topological polar surface area (TPSA) is 105 Å². The molecule has 0 aromatic heterocycles. The lowest BCUT2D eigenvalue weighted by Crippen LogP contribution is -2.26. The van der Waals surface area contributed by atoms with E-state index in [-0.39, 0.29) is 23.6 Å². The monoisotopic (exact) mass is 325 g/mol. The van der Waals surface area contributed by atoms with Crippen LogP contribution in [-0.2, 0) is 14.3 Å². The van der Waals surface area contributed by atoms with Gasteiger partial charge < -0.3 is 14.2 Å². The SMILES string of the molecule is CCCCOC(=O)C(C)OC(=O)c1ccc(OC)c([N+](=O)[O-])c1. The molecule has 0 fully saturated rings. The molecule has 0 aliphatic heterocycles. The highest BCUT2D eigenvalue weighted by molar-refractivity contribution is 5.92. The highest BCUT2D eigenvalue weighted by Gasteiger charge is 2.23. The first-order chi connectivity index (χ1) is 10.9. The number of rotatable bonds is 8. The predicted molar refractivity (Wildman–Crippen MR) is 80.4 cm³/mol. The van der Waals surface area contributed by atoms with Crippen LogP contribution in [0, 0.1) is 10.1 Å². The second-order valence-corrected chi connectivity index (χ2v) is 4.71. The molecule has 0 saturated carbocycles. The van der Waals surface area contributed by atoms with E-state index in [1.54, 1.807) is 0 Å². The lowest BCUT2D eigenvalue weighted by Gasteiger charge is -2.13. The van der Waals surface area contributed by atoms with Gasteiger partial charge in [-0.05, 0) is 25.5 Å². The van der Waals surface area contributed by atoms with Gasteiger partial charge in [0.05, 0.1) is 24.2 Å². The lowest BCUT2D eigenvalue weighted by atomic mass is 10.2. The Morgan fingerprint density at radius 3 is 2.61 bits per heavy atom. The fraction of sp³-hybridized carbons (Fsp3) is 0.467. The Bertz CT molecular complexity index is 585. The number of unbranched alkanes of at least 4 members (excludes halogenated alkanes) is 1. The number of benzene rings is 1. The highest BCUT2D eigenvalue weighted by Crippen LogP contribution is 2.27. The maximum atomic E-state index is 12.0. The van der Waals surface area contributed by atoms with Gasteiger partial charge in [-0.1, -0.05) is 13.3 Å². The van der Waals surface area contributed by atoms with Crippen LogP contribution < -0.4 is 4.74 Å². The minimum absolute atomic E-state index is 0.0265. The summed E-state index contributed by atoms with van der Waals surface area (Å²) in [6.45, 7) is 3.59. The number of carbonyl (C=O) groups is 2. The predicted octanol–water partition coefficient (Wildman–Crippen LogP) is 2.49. The molecule has 8 nitrogen and oxygen atoms in total. The zero-order valence-corrected chi connectivity index (χ0v) is 13.2. The van der Waals surface area contributed by atoms with Crippen LogP contribution in [0.2, 0.25) is 0 Å². The first kappa shape index (κ1) is 18.4. The Balaban J connectivity index is 2.76. The Hall–Kier alpha value is -2.64. The van der Waals surface area contributed by atoms with Gasteiger partial charge in [0, 0.05) is 6.07 Å². The average molecular weight is 325 g/mol. The summed E-state index contributed by atoms with van der Waals surface area (Å²) in [6.07, 6.45) is 0.495. The molecule has 0 aliphatic carbocycles. The van der Waals surface area contributed by atoms with Crippen LogP contribution in [0.1, 0.15) is 37.0 Å². The summed E-state index contributed by atoms with van der Waals surface area (Å²) < 4.78 is 14.7. The first-order valence-electron chi connectivity index (χ1n) is 7.10. The molecule has 0 amide bonds. The Morgan fingerprint density at radius 2 is 2.04 bits per heavy atom. The van der Waals surface area contributed by atoms with Gasteiger partial charge >= 0.3 is 17.6 Å². The maximum Gasteiger partial charge on any atom is 0.347 e. The van der Waals surface area contributed by atoms with Gasteiger partial charge in [-0.25, -0.2) is 9.59 Å². The van der Waals surface area contributed by atoms with Crippen molar-refractivity contribution in [1.29, 1.82) is 0 Å². The molecule has 0 radical (unpaired) electrons. The molecule has 0 aliphatic rings. The molecular formula is C15H19NO7. The number of ether oxygens (including phenoxy) is 3. The van der Waals surface area contributed by atoms with Crippen LogP contribution >= 0.6 is 0 Å². The van der Waals surface area contributed by atoms with Crippen molar-refractivity contribution in [3.05, 3.63) is 33.9 Å². The van der Waals surface area contributed by atoms with E-state index in [4.69, 9.17) is 14.2 Å². The van der Waals surface area contributed by atoms with Crippen LogP contribution in [0.4, 0.5) is 5.69 Å². The van der Waals surface area contributed by atoms with E-state index in [1.165, 1.54) is 26.2 Å². The van der Waals surface area contributed by atoms with Gasteiger partial charge in [0.2, 0.25) is 0 Å². The van der Waals surface area contributed by atoms with Crippen LogP contribution in [0.5, 0.6) is 5.75 Å². The molecule has 1 aromatic carbocycles. The summed E-state index contributed by atoms with van der Waals surface area (Å²) in [6, 6.07) is 3.65. The van der Waals surface area contributed by atoms with Gasteiger partial charge in [-0.3, -0.25) is 10.1 Å². The van der Waals surface area contributed by atoms with Gasteiger partial charge in [-0.15, -0.1) is 0 Å². The summed E-state index contributed by atoms with van der Waals surface area (Å²) in [5, 5.41) is 10.9. The molecular weight excluding hydrogens is 306 g/mol. The Kier molecular flexibility index (Phi) is 6.98. The average Bonchev–Trinajstić information content (AvgIpc) is 2.53. The third kappa shape index (κ3) is 5.24. The number of methoxy groups -OCH3 is 1. The Labute approximate surface area is 133 Å². The number of nitrogens with zero attached hydrogens (tertiary/aromatic N) is 1. The van der Waals surface area contributed by atoms with Crippen LogP contribution in [0.25, 0.3) is 0 Å². The van der Waals surface area contributed by atoms with Crippen molar-refractivity contribution in [2.45, 2.75) is 32.8 Å². The van der Waals surface area contributed by atoms with Crippen molar-refractivity contribution >= 4 is 17.6 Å². The minimum Gasteiger partial charge on any atom is -0.490 e. The number of nitro groups is 1. The number of carbonyl (C=O) groups excluding carboxylic acids is 2. The van der Waals surface area contributed by atoms with Crippen molar-refractivity contribution in [3.8, 4) is 5.75 Å². The maximum absolute atomic E-state index is 12.0. The van der Waals surface area contributed by atoms with E-state index in [1.807, 2.05) is 6.92 Å². The van der Waals surface area contributed by atoms with Crippen LogP contribution in [-0.4, -0.2) is 36.7 Å². The van der Waals surface area contributed by atoms with Crippen LogP contribution in [0.3, 0.4) is 0 Å². The van der Waals surface area contributed by atoms with E-state index in [0.717, 1.165) is 18.9 Å². The van der Waals surface area contributed by atoms with E-state index in [0.29, 0.717) is 0 Å². The van der Waals surface area contributed by atoms with Crippen LogP contribution in [0.15, 0.2) is 18.2 Å². The quantitative estimate of drug-likeness (QED) is 0.313. The van der Waals surface area contributed by atoms with Crippen molar-refractivity contribution < 1.29 is 28.7 Å². The van der Waals surface area contributed by atoms with Crippen molar-refractivity contribution in [2.24, 2.45) is 0 Å². The van der Waals surface area contributed by atoms with E-state index < -0.39 is 23.0 Å². The summed E-state index contributed by atoms with van der Waals surface area (Å²) in [5.41, 5.74) is -0.411. The molecule has 126 valence electrons. The molecule has 1 rings (SSSR count). The summed E-state index contributed by atoms with van der Waals surface area (Å²) >= 11 is 0. The van der Waals surface area contributed by atoms with Crippen molar-refractivity contribution in [3.63, 3.8) is 0 Å². The van der Waals surface area contributed by atoms with Crippen molar-refractivity contribution in [2.75, 3.05) is 13.7 Å². The minimum atomic E-state index is -1.10. The third-order valence-corrected chi connectivity index (χ3v) is 2.97. The molecule has 1 atom stereocenters. The number of hydrogen-bond donors (Lipinski definition) is 0. The molecule has 0 bridgehead atoms. The number of nitro benzene ring substituents is 1. The zero-order chi connectivity index (χ0) is 17.4. The van der Waals surface area contributed by atoms with Crippen molar-refractivity contribution in [1.82, 2.24) is 0 Å². The second kappa shape index (κ2) is 8.72. The first-order valence-corrected chi connectivity index (χ1v) is 7.10. The molecule has 0 saturated heterocycles. The fourth-order valence-corrected chi connectivity index (χ4v) is 1.67. The largest absolute Gasteiger partial charge is 0.490 e. The van der Waals surface area contributed by atoms with Gasteiger partial charge in [0.25, 0.3) is 0 Å². The lowest BCUT2D eigenvalue weighted by molar-refractivity contribution is -0.385. The van der Waals surface area contributed by atoms with Gasteiger partial charge in [0.1, 0.15) is 0 Å². The number of hydrogen-bond acceptors (Lipinski definition) is 7. The summed E-state index contributed by atoms with van der Waals surface area (Å²) in [4.78, 5) is 33.9. The Morgan fingerprint density at radius 1 is 1.35 bits per heavy atom. The molecule has 1 aromatic rings.